The number of nitrogens with zero attached hydrogens (tertiary/aromatic N) is 3. The van der Waals surface area contributed by atoms with Crippen molar-refractivity contribution in [3.05, 3.63) is 90.0 Å². The molecule has 2 aromatic heterocycles. The molecular formula is C34H31N3O7S. The normalized spacial score (nSPS) is 11.0. The highest BCUT2D eigenvalue weighted by atomic mass is 32.1. The van der Waals surface area contributed by atoms with Crippen LogP contribution in [-0.2, 0) is 17.9 Å². The number of hydrogen-bond donors (Lipinski definition) is 0. The summed E-state index contributed by atoms with van der Waals surface area (Å²) in [4.78, 5) is 12.9. The molecule has 45 heavy (non-hydrogen) atoms. The number of aromatic nitrogens is 3. The summed E-state index contributed by atoms with van der Waals surface area (Å²) in [6.45, 7) is 2.63. The lowest BCUT2D eigenvalue weighted by molar-refractivity contribution is 0.101. The Kier molecular flexibility index (Phi) is 8.70. The Labute approximate surface area is 264 Å². The van der Waals surface area contributed by atoms with E-state index in [4.69, 9.17) is 28.4 Å². The molecule has 10 nitrogen and oxygen atoms in total. The lowest BCUT2D eigenvalue weighted by atomic mass is 10.0. The third kappa shape index (κ3) is 6.07. The molecule has 0 saturated carbocycles. The third-order valence-corrected chi connectivity index (χ3v) is 7.85. The summed E-state index contributed by atoms with van der Waals surface area (Å²) in [6, 6.07) is 25.3. The van der Waals surface area contributed by atoms with Gasteiger partial charge in [0.25, 0.3) is 0 Å². The van der Waals surface area contributed by atoms with Crippen LogP contribution in [0.2, 0.25) is 0 Å². The molecule has 0 fully saturated rings. The van der Waals surface area contributed by atoms with Gasteiger partial charge in [-0.1, -0.05) is 36.4 Å². The SMILES string of the molecule is CCOC(=O)Oc1c(-c2cc(OC)c(OC)c(OC)c2)c2ccc(OCc3ccccc3)cc2n1Cc1ccc2nsnc2c1. The van der Waals surface area contributed by atoms with Crippen LogP contribution in [0.1, 0.15) is 18.1 Å². The first kappa shape index (κ1) is 29.8. The van der Waals surface area contributed by atoms with Gasteiger partial charge in [0.15, 0.2) is 11.5 Å². The highest BCUT2D eigenvalue weighted by molar-refractivity contribution is 7.00. The fraction of sp³-hybridized carbons (Fsp3) is 0.206. The molecule has 0 atom stereocenters. The number of ether oxygens (including phenoxy) is 6. The van der Waals surface area contributed by atoms with Crippen LogP contribution in [0, 0.1) is 0 Å². The fourth-order valence-electron chi connectivity index (χ4n) is 5.24. The molecule has 0 aliphatic rings. The van der Waals surface area contributed by atoms with Gasteiger partial charge in [-0.25, -0.2) is 4.79 Å². The van der Waals surface area contributed by atoms with Crippen LogP contribution in [0.4, 0.5) is 4.79 Å². The summed E-state index contributed by atoms with van der Waals surface area (Å²) in [7, 11) is 4.66. The predicted molar refractivity (Wildman–Crippen MR) is 172 cm³/mol. The summed E-state index contributed by atoms with van der Waals surface area (Å²) in [5.41, 5.74) is 5.70. The highest BCUT2D eigenvalue weighted by Gasteiger charge is 2.26. The molecule has 11 heteroatoms. The summed E-state index contributed by atoms with van der Waals surface area (Å²) in [5, 5.41) is 0.812. The lowest BCUT2D eigenvalue weighted by Gasteiger charge is -2.15. The van der Waals surface area contributed by atoms with Gasteiger partial charge in [-0.15, -0.1) is 0 Å². The molecule has 6 rings (SSSR count). The minimum absolute atomic E-state index is 0.156. The van der Waals surface area contributed by atoms with E-state index in [9.17, 15) is 4.79 Å². The van der Waals surface area contributed by atoms with Crippen molar-refractivity contribution in [1.29, 1.82) is 0 Å². The summed E-state index contributed by atoms with van der Waals surface area (Å²) < 4.78 is 45.0. The first-order chi connectivity index (χ1) is 22.0. The van der Waals surface area contributed by atoms with E-state index >= 15 is 0 Å². The van der Waals surface area contributed by atoms with E-state index in [1.54, 1.807) is 28.3 Å². The van der Waals surface area contributed by atoms with Crippen LogP contribution < -0.4 is 23.7 Å². The Balaban J connectivity index is 1.56. The first-order valence-electron chi connectivity index (χ1n) is 14.2. The van der Waals surface area contributed by atoms with Gasteiger partial charge in [-0.2, -0.15) is 8.75 Å². The van der Waals surface area contributed by atoms with Crippen LogP contribution in [0.25, 0.3) is 33.1 Å². The Hall–Kier alpha value is -5.29. The summed E-state index contributed by atoms with van der Waals surface area (Å²) in [6.07, 6.45) is -0.824. The standard InChI is InChI=1S/C34H31N3O7S/c1-5-42-34(38)44-33-31(23-16-29(39-2)32(41-4)30(17-23)40-3)25-13-12-24(43-20-21-9-7-6-8-10-21)18-28(25)37(33)19-22-11-14-26-27(15-22)36-45-35-26/h6-18H,5,19-20H2,1-4H3. The van der Waals surface area contributed by atoms with Gasteiger partial charge in [0.2, 0.25) is 11.6 Å². The van der Waals surface area contributed by atoms with Crippen molar-refractivity contribution < 1.29 is 33.2 Å². The molecule has 0 radical (unpaired) electrons. The van der Waals surface area contributed by atoms with Gasteiger partial charge in [0.05, 0.1) is 57.3 Å². The van der Waals surface area contributed by atoms with E-state index in [1.807, 2.05) is 83.4 Å². The van der Waals surface area contributed by atoms with Crippen LogP contribution in [0.5, 0.6) is 28.9 Å². The number of hydrogen-bond acceptors (Lipinski definition) is 10. The average molecular weight is 626 g/mol. The minimum atomic E-state index is -0.824. The molecule has 6 aromatic rings. The maximum absolute atomic E-state index is 12.9. The number of rotatable bonds is 11. The zero-order valence-corrected chi connectivity index (χ0v) is 26.1. The number of carbonyl (C=O) groups excluding carboxylic acids is 1. The van der Waals surface area contributed by atoms with E-state index < -0.39 is 6.16 Å². The molecule has 2 heterocycles. The Morgan fingerprint density at radius 1 is 0.822 bits per heavy atom. The van der Waals surface area contributed by atoms with Crippen LogP contribution >= 0.6 is 11.7 Å². The monoisotopic (exact) mass is 625 g/mol. The molecule has 230 valence electrons. The maximum Gasteiger partial charge on any atom is 0.515 e. The molecule has 0 N–H and O–H groups in total. The number of methoxy groups -OCH3 is 3. The quantitative estimate of drug-likeness (QED) is 0.135. The highest BCUT2D eigenvalue weighted by Crippen LogP contribution is 2.47. The molecule has 0 amide bonds. The molecule has 0 spiro atoms. The molecule has 0 saturated heterocycles. The Bertz CT molecular complexity index is 1940. The van der Waals surface area contributed by atoms with Crippen molar-refractivity contribution in [3.8, 4) is 40.0 Å². The van der Waals surface area contributed by atoms with Gasteiger partial charge in [-0.05, 0) is 60.0 Å². The Morgan fingerprint density at radius 3 is 2.29 bits per heavy atom. The zero-order valence-electron chi connectivity index (χ0n) is 25.2. The summed E-state index contributed by atoms with van der Waals surface area (Å²) >= 11 is 1.16. The van der Waals surface area contributed by atoms with Gasteiger partial charge >= 0.3 is 6.16 Å². The topological polar surface area (TPSA) is 103 Å². The van der Waals surface area contributed by atoms with E-state index in [0.29, 0.717) is 47.3 Å². The van der Waals surface area contributed by atoms with Gasteiger partial charge in [0.1, 0.15) is 23.4 Å². The molecular weight excluding hydrogens is 594 g/mol. The van der Waals surface area contributed by atoms with E-state index in [0.717, 1.165) is 44.8 Å². The number of carbonyl (C=O) groups is 1. The second kappa shape index (κ2) is 13.1. The number of benzene rings is 4. The van der Waals surface area contributed by atoms with Crippen molar-refractivity contribution in [2.24, 2.45) is 0 Å². The van der Waals surface area contributed by atoms with Crippen LogP contribution in [-0.4, -0.2) is 47.4 Å². The molecule has 4 aromatic carbocycles. The van der Waals surface area contributed by atoms with Crippen molar-refractivity contribution in [3.63, 3.8) is 0 Å². The van der Waals surface area contributed by atoms with E-state index in [1.165, 1.54) is 0 Å². The maximum atomic E-state index is 12.9. The second-order valence-electron chi connectivity index (χ2n) is 10.0. The summed E-state index contributed by atoms with van der Waals surface area (Å²) in [5.74, 6) is 2.30. The second-order valence-corrected chi connectivity index (χ2v) is 10.5. The molecule has 0 aliphatic heterocycles. The van der Waals surface area contributed by atoms with E-state index in [-0.39, 0.29) is 12.5 Å². The lowest BCUT2D eigenvalue weighted by Crippen LogP contribution is -2.14. The fourth-order valence-corrected chi connectivity index (χ4v) is 5.76. The van der Waals surface area contributed by atoms with Gasteiger partial charge in [-0.3, -0.25) is 0 Å². The molecule has 0 bridgehead atoms. The molecule has 0 unspecified atom stereocenters. The van der Waals surface area contributed by atoms with E-state index in [2.05, 4.69) is 8.75 Å². The minimum Gasteiger partial charge on any atom is -0.493 e. The van der Waals surface area contributed by atoms with Crippen LogP contribution in [0.15, 0.2) is 78.9 Å². The largest absolute Gasteiger partial charge is 0.515 e. The smallest absolute Gasteiger partial charge is 0.493 e. The average Bonchev–Trinajstić information content (AvgIpc) is 3.65. The first-order valence-corrected chi connectivity index (χ1v) is 14.9. The van der Waals surface area contributed by atoms with Gasteiger partial charge < -0.3 is 33.0 Å². The molecule has 0 aliphatic carbocycles. The number of fused-ring (bicyclic) bond motifs is 2. The van der Waals surface area contributed by atoms with Crippen molar-refractivity contribution in [2.45, 2.75) is 20.1 Å². The van der Waals surface area contributed by atoms with Gasteiger partial charge in [0, 0.05) is 11.5 Å². The Morgan fingerprint density at radius 2 is 1.58 bits per heavy atom. The third-order valence-electron chi connectivity index (χ3n) is 7.29. The predicted octanol–water partition coefficient (Wildman–Crippen LogP) is 7.50. The van der Waals surface area contributed by atoms with Crippen molar-refractivity contribution >= 4 is 39.8 Å². The zero-order chi connectivity index (χ0) is 31.3. The van der Waals surface area contributed by atoms with Crippen LogP contribution in [0.3, 0.4) is 0 Å². The van der Waals surface area contributed by atoms with Crippen molar-refractivity contribution in [2.75, 3.05) is 27.9 Å². The van der Waals surface area contributed by atoms with Crippen molar-refractivity contribution in [1.82, 2.24) is 13.3 Å².